The molecule has 0 spiro atoms. The molecule has 130 valence electrons. The first-order chi connectivity index (χ1) is 11.0. The van der Waals surface area contributed by atoms with Gasteiger partial charge in [0.25, 0.3) is 0 Å². The van der Waals surface area contributed by atoms with E-state index in [9.17, 15) is 9.90 Å². The fraction of sp³-hybridized carbons (Fsp3) is 0.632. The highest BCUT2D eigenvalue weighted by atomic mass is 16.5. The molecule has 0 amide bonds. The number of hydrogen-bond acceptors (Lipinski definition) is 3. The number of aliphatic hydroxyl groups is 1. The highest BCUT2D eigenvalue weighted by Gasteiger charge is 2.20. The summed E-state index contributed by atoms with van der Waals surface area (Å²) in [4.78, 5) is 10.4. The summed E-state index contributed by atoms with van der Waals surface area (Å²) in [7, 11) is 0. The topological polar surface area (TPSA) is 66.8 Å². The zero-order valence-electron chi connectivity index (χ0n) is 14.2. The second-order valence-corrected chi connectivity index (χ2v) is 6.03. The van der Waals surface area contributed by atoms with Crippen LogP contribution >= 0.6 is 0 Å². The van der Waals surface area contributed by atoms with Crippen LogP contribution in [-0.2, 0) is 9.53 Å². The Kier molecular flexibility index (Phi) is 9.57. The summed E-state index contributed by atoms with van der Waals surface area (Å²) in [5, 5.41) is 18.6. The number of carboxylic acid groups (broad SMARTS) is 1. The SMILES string of the molecule is CCOC(C)C(O)C=C[C@H]1C=CC[C@@H]1C/C=C\CCCC(=O)O. The van der Waals surface area contributed by atoms with Gasteiger partial charge in [-0.1, -0.05) is 36.5 Å². The molecule has 0 aliphatic heterocycles. The molecule has 0 bridgehead atoms. The molecule has 4 atom stereocenters. The number of rotatable bonds is 11. The van der Waals surface area contributed by atoms with Crippen molar-refractivity contribution in [3.8, 4) is 0 Å². The Balaban J connectivity index is 2.34. The molecule has 0 aromatic heterocycles. The largest absolute Gasteiger partial charge is 0.481 e. The monoisotopic (exact) mass is 322 g/mol. The number of hydrogen-bond donors (Lipinski definition) is 2. The van der Waals surface area contributed by atoms with Crippen LogP contribution < -0.4 is 0 Å². The zero-order valence-corrected chi connectivity index (χ0v) is 14.2. The Morgan fingerprint density at radius 1 is 1.43 bits per heavy atom. The highest BCUT2D eigenvalue weighted by molar-refractivity contribution is 5.66. The second-order valence-electron chi connectivity index (χ2n) is 6.03. The number of carboxylic acids is 1. The van der Waals surface area contributed by atoms with Gasteiger partial charge < -0.3 is 14.9 Å². The van der Waals surface area contributed by atoms with E-state index < -0.39 is 12.1 Å². The number of carbonyl (C=O) groups is 1. The van der Waals surface area contributed by atoms with Crippen molar-refractivity contribution in [1.29, 1.82) is 0 Å². The van der Waals surface area contributed by atoms with Gasteiger partial charge in [-0.15, -0.1) is 0 Å². The first-order valence-electron chi connectivity index (χ1n) is 8.56. The first kappa shape index (κ1) is 19.7. The van der Waals surface area contributed by atoms with Crippen molar-refractivity contribution in [2.75, 3.05) is 6.61 Å². The van der Waals surface area contributed by atoms with Crippen LogP contribution in [0.4, 0.5) is 0 Å². The smallest absolute Gasteiger partial charge is 0.303 e. The summed E-state index contributed by atoms with van der Waals surface area (Å²) in [6.45, 7) is 4.40. The molecule has 4 nitrogen and oxygen atoms in total. The van der Waals surface area contributed by atoms with Crippen LogP contribution in [0.25, 0.3) is 0 Å². The fourth-order valence-corrected chi connectivity index (χ4v) is 2.72. The van der Waals surface area contributed by atoms with Gasteiger partial charge in [-0.3, -0.25) is 4.79 Å². The van der Waals surface area contributed by atoms with Crippen LogP contribution in [0.5, 0.6) is 0 Å². The van der Waals surface area contributed by atoms with Gasteiger partial charge in [0.05, 0.1) is 12.2 Å². The van der Waals surface area contributed by atoms with Gasteiger partial charge in [-0.2, -0.15) is 0 Å². The lowest BCUT2D eigenvalue weighted by atomic mass is 9.91. The van der Waals surface area contributed by atoms with Crippen molar-refractivity contribution in [3.05, 3.63) is 36.5 Å². The third kappa shape index (κ3) is 8.14. The maximum atomic E-state index is 10.4. The van der Waals surface area contributed by atoms with E-state index in [1.54, 1.807) is 0 Å². The van der Waals surface area contributed by atoms with Crippen LogP contribution in [-0.4, -0.2) is 35.0 Å². The van der Waals surface area contributed by atoms with Crippen molar-refractivity contribution in [2.45, 2.75) is 58.2 Å². The molecule has 0 heterocycles. The van der Waals surface area contributed by atoms with Crippen molar-refractivity contribution in [1.82, 2.24) is 0 Å². The van der Waals surface area contributed by atoms with Gasteiger partial charge in [-0.25, -0.2) is 0 Å². The van der Waals surface area contributed by atoms with Crippen LogP contribution in [0.2, 0.25) is 0 Å². The Morgan fingerprint density at radius 3 is 2.91 bits per heavy atom. The molecule has 4 heteroatoms. The number of allylic oxidation sites excluding steroid dienone is 5. The molecular formula is C19H30O4. The molecule has 2 N–H and O–H groups in total. The molecule has 1 aliphatic carbocycles. The molecule has 2 unspecified atom stereocenters. The van der Waals surface area contributed by atoms with E-state index in [-0.39, 0.29) is 12.5 Å². The van der Waals surface area contributed by atoms with Crippen LogP contribution in [0.15, 0.2) is 36.5 Å². The molecule has 0 radical (unpaired) electrons. The minimum atomic E-state index is -0.733. The summed E-state index contributed by atoms with van der Waals surface area (Å²) in [6, 6.07) is 0. The summed E-state index contributed by atoms with van der Waals surface area (Å²) in [6.07, 6.45) is 15.5. The molecular weight excluding hydrogens is 292 g/mol. The second kappa shape index (κ2) is 11.2. The highest BCUT2D eigenvalue weighted by Crippen LogP contribution is 2.30. The van der Waals surface area contributed by atoms with E-state index in [4.69, 9.17) is 9.84 Å². The molecule has 23 heavy (non-hydrogen) atoms. The van der Waals surface area contributed by atoms with Crippen molar-refractivity contribution < 1.29 is 19.7 Å². The van der Waals surface area contributed by atoms with Gasteiger partial charge in [0, 0.05) is 13.0 Å². The normalized spacial score (nSPS) is 23.8. The molecule has 1 rings (SSSR count). The van der Waals surface area contributed by atoms with Crippen LogP contribution in [0.1, 0.15) is 46.0 Å². The van der Waals surface area contributed by atoms with Crippen molar-refractivity contribution in [3.63, 3.8) is 0 Å². The summed E-state index contributed by atoms with van der Waals surface area (Å²) >= 11 is 0. The van der Waals surface area contributed by atoms with Gasteiger partial charge in [-0.05, 0) is 51.4 Å². The maximum absolute atomic E-state index is 10.4. The summed E-state index contributed by atoms with van der Waals surface area (Å²) in [5.74, 6) is 0.141. The van der Waals surface area contributed by atoms with Crippen molar-refractivity contribution >= 4 is 5.97 Å². The quantitative estimate of drug-likeness (QED) is 0.449. The first-order valence-corrected chi connectivity index (χ1v) is 8.56. The molecule has 0 saturated carbocycles. The standard InChI is InChI=1S/C19H30O4/c1-3-23-15(2)18(20)14-13-17-11-8-10-16(17)9-6-4-5-7-12-19(21)22/h4,6,8,11,13-18,20H,3,5,7,9-10,12H2,1-2H3,(H,21,22)/b6-4-,14-13?/t15?,16-,17+,18?/m0/s1. The Morgan fingerprint density at radius 2 is 2.22 bits per heavy atom. The Labute approximate surface area is 139 Å². The van der Waals surface area contributed by atoms with Gasteiger partial charge in [0.2, 0.25) is 0 Å². The minimum absolute atomic E-state index is 0.186. The molecule has 0 saturated heterocycles. The average Bonchev–Trinajstić information content (AvgIpc) is 2.95. The lowest BCUT2D eigenvalue weighted by Crippen LogP contribution is -2.24. The van der Waals surface area contributed by atoms with Gasteiger partial charge in [0.1, 0.15) is 0 Å². The van der Waals surface area contributed by atoms with E-state index >= 15 is 0 Å². The van der Waals surface area contributed by atoms with Crippen LogP contribution in [0, 0.1) is 11.8 Å². The third-order valence-electron chi connectivity index (χ3n) is 4.15. The molecule has 1 aliphatic rings. The Bertz CT molecular complexity index is 425. The fourth-order valence-electron chi connectivity index (χ4n) is 2.72. The lowest BCUT2D eigenvalue weighted by molar-refractivity contribution is -0.137. The molecule has 0 aromatic rings. The van der Waals surface area contributed by atoms with Gasteiger partial charge in [0.15, 0.2) is 0 Å². The maximum Gasteiger partial charge on any atom is 0.303 e. The number of unbranched alkanes of at least 4 members (excludes halogenated alkanes) is 1. The van der Waals surface area contributed by atoms with E-state index in [1.165, 1.54) is 0 Å². The minimum Gasteiger partial charge on any atom is -0.481 e. The number of aliphatic carboxylic acids is 1. The third-order valence-corrected chi connectivity index (χ3v) is 4.15. The van der Waals surface area contributed by atoms with Gasteiger partial charge >= 0.3 is 5.97 Å². The average molecular weight is 322 g/mol. The number of ether oxygens (including phenoxy) is 1. The van der Waals surface area contributed by atoms with E-state index in [0.29, 0.717) is 24.9 Å². The predicted octanol–water partition coefficient (Wildman–Crippen LogP) is 3.72. The van der Waals surface area contributed by atoms with E-state index in [2.05, 4.69) is 30.4 Å². The molecule has 0 aromatic carbocycles. The number of aliphatic hydroxyl groups excluding tert-OH is 1. The molecule has 0 fully saturated rings. The zero-order chi connectivity index (χ0) is 17.1. The Hall–Kier alpha value is -1.39. The van der Waals surface area contributed by atoms with E-state index in [1.807, 2.05) is 19.9 Å². The summed E-state index contributed by atoms with van der Waals surface area (Å²) < 4.78 is 5.39. The summed E-state index contributed by atoms with van der Waals surface area (Å²) in [5.41, 5.74) is 0. The lowest BCUT2D eigenvalue weighted by Gasteiger charge is -2.18. The van der Waals surface area contributed by atoms with Crippen LogP contribution in [0.3, 0.4) is 0 Å². The van der Waals surface area contributed by atoms with E-state index in [0.717, 1.165) is 19.3 Å². The predicted molar refractivity (Wildman–Crippen MR) is 92.2 cm³/mol. The van der Waals surface area contributed by atoms with Crippen molar-refractivity contribution in [2.24, 2.45) is 11.8 Å².